The smallest absolute Gasteiger partial charge is 0.273 e. The van der Waals surface area contributed by atoms with Crippen LogP contribution in [0.25, 0.3) is 0 Å². The molecule has 1 atom stereocenters. The Balaban J connectivity index is 2.67. The highest BCUT2D eigenvalue weighted by atomic mass is 79.9. The number of benzene rings is 1. The SMILES string of the molecule is CC(CCC(=O)NN)Oc1cc([N+](=O)[O-])ccc1Br. The van der Waals surface area contributed by atoms with Crippen molar-refractivity contribution < 1.29 is 14.5 Å². The summed E-state index contributed by atoms with van der Waals surface area (Å²) in [5.41, 5.74) is 1.98. The Morgan fingerprint density at radius 3 is 2.89 bits per heavy atom. The van der Waals surface area contributed by atoms with Crippen molar-refractivity contribution in [1.82, 2.24) is 5.43 Å². The molecule has 0 fully saturated rings. The Labute approximate surface area is 118 Å². The number of nitro benzene ring substituents is 1. The van der Waals surface area contributed by atoms with E-state index in [1.165, 1.54) is 12.1 Å². The van der Waals surface area contributed by atoms with E-state index in [4.69, 9.17) is 10.6 Å². The third-order valence-electron chi connectivity index (χ3n) is 2.39. The minimum atomic E-state index is -0.494. The summed E-state index contributed by atoms with van der Waals surface area (Å²) in [6.45, 7) is 1.77. The van der Waals surface area contributed by atoms with Gasteiger partial charge >= 0.3 is 0 Å². The number of hydrogen-bond acceptors (Lipinski definition) is 5. The lowest BCUT2D eigenvalue weighted by Crippen LogP contribution is -2.30. The molecule has 0 aromatic heterocycles. The van der Waals surface area contributed by atoms with Crippen LogP contribution in [0.1, 0.15) is 19.8 Å². The highest BCUT2D eigenvalue weighted by molar-refractivity contribution is 9.10. The number of carbonyl (C=O) groups is 1. The lowest BCUT2D eigenvalue weighted by atomic mass is 10.2. The summed E-state index contributed by atoms with van der Waals surface area (Å²) < 4.78 is 6.18. The second kappa shape index (κ2) is 7.05. The predicted molar refractivity (Wildman–Crippen MR) is 72.5 cm³/mol. The Hall–Kier alpha value is -1.67. The standard InChI is InChI=1S/C11H14BrN3O4/c1-7(2-5-11(16)14-13)19-10-6-8(15(17)18)3-4-9(10)12/h3-4,6-7H,2,5,13H2,1H3,(H,14,16). The third-order valence-corrected chi connectivity index (χ3v) is 3.05. The number of amides is 1. The molecule has 1 aromatic carbocycles. The lowest BCUT2D eigenvalue weighted by Gasteiger charge is -2.15. The number of nitrogens with zero attached hydrogens (tertiary/aromatic N) is 1. The fourth-order valence-corrected chi connectivity index (χ4v) is 1.72. The molecule has 1 unspecified atom stereocenters. The third kappa shape index (κ3) is 4.84. The van der Waals surface area contributed by atoms with Gasteiger partial charge in [-0.15, -0.1) is 0 Å². The van der Waals surface area contributed by atoms with Crippen LogP contribution in [0.3, 0.4) is 0 Å². The van der Waals surface area contributed by atoms with Crippen molar-refractivity contribution in [2.45, 2.75) is 25.9 Å². The first-order valence-electron chi connectivity index (χ1n) is 5.54. The molecule has 0 saturated heterocycles. The summed E-state index contributed by atoms with van der Waals surface area (Å²) in [5.74, 6) is 5.05. The first kappa shape index (κ1) is 15.4. The average molecular weight is 332 g/mol. The van der Waals surface area contributed by atoms with Crippen LogP contribution < -0.4 is 16.0 Å². The fraction of sp³-hybridized carbons (Fsp3) is 0.364. The summed E-state index contributed by atoms with van der Waals surface area (Å²) in [7, 11) is 0. The van der Waals surface area contributed by atoms with E-state index in [2.05, 4.69) is 15.9 Å². The van der Waals surface area contributed by atoms with Crippen molar-refractivity contribution in [3.05, 3.63) is 32.8 Å². The molecule has 0 radical (unpaired) electrons. The molecule has 8 heteroatoms. The number of carbonyl (C=O) groups excluding carboxylic acids is 1. The molecule has 0 aliphatic carbocycles. The zero-order valence-corrected chi connectivity index (χ0v) is 11.8. The molecule has 104 valence electrons. The van der Waals surface area contributed by atoms with Crippen molar-refractivity contribution in [1.29, 1.82) is 0 Å². The molecule has 3 N–H and O–H groups in total. The van der Waals surface area contributed by atoms with Crippen molar-refractivity contribution in [3.8, 4) is 5.75 Å². The first-order chi connectivity index (χ1) is 8.93. The van der Waals surface area contributed by atoms with Crippen LogP contribution >= 0.6 is 15.9 Å². The van der Waals surface area contributed by atoms with Gasteiger partial charge in [0.1, 0.15) is 5.75 Å². The number of halogens is 1. The van der Waals surface area contributed by atoms with Crippen LogP contribution in [0.5, 0.6) is 5.75 Å². The summed E-state index contributed by atoms with van der Waals surface area (Å²) in [6.07, 6.45) is 0.415. The monoisotopic (exact) mass is 331 g/mol. The van der Waals surface area contributed by atoms with Crippen LogP contribution in [0, 0.1) is 10.1 Å². The predicted octanol–water partition coefficient (Wildman–Crippen LogP) is 1.89. The molecule has 0 bridgehead atoms. The molecule has 1 aromatic rings. The molecule has 0 spiro atoms. The fourth-order valence-electron chi connectivity index (χ4n) is 1.38. The highest BCUT2D eigenvalue weighted by Crippen LogP contribution is 2.30. The normalized spacial score (nSPS) is 11.7. The number of ether oxygens (including phenoxy) is 1. The number of hydrogen-bond donors (Lipinski definition) is 2. The minimum Gasteiger partial charge on any atom is -0.489 e. The van der Waals surface area contributed by atoms with Crippen molar-refractivity contribution in [2.75, 3.05) is 0 Å². The molecule has 1 amide bonds. The van der Waals surface area contributed by atoms with Crippen LogP contribution in [-0.4, -0.2) is 16.9 Å². The van der Waals surface area contributed by atoms with E-state index in [0.29, 0.717) is 16.6 Å². The lowest BCUT2D eigenvalue weighted by molar-refractivity contribution is -0.385. The number of non-ortho nitro benzene ring substituents is 1. The molecule has 1 rings (SSSR count). The number of nitro groups is 1. The van der Waals surface area contributed by atoms with Gasteiger partial charge in [0, 0.05) is 12.5 Å². The zero-order chi connectivity index (χ0) is 14.4. The maximum atomic E-state index is 11.0. The van der Waals surface area contributed by atoms with Crippen molar-refractivity contribution in [2.24, 2.45) is 5.84 Å². The van der Waals surface area contributed by atoms with Gasteiger partial charge < -0.3 is 4.74 Å². The molecule has 0 aliphatic rings. The van der Waals surface area contributed by atoms with Gasteiger partial charge in [-0.05, 0) is 35.3 Å². The number of rotatable bonds is 6. The van der Waals surface area contributed by atoms with E-state index in [-0.39, 0.29) is 24.1 Å². The largest absolute Gasteiger partial charge is 0.489 e. The maximum Gasteiger partial charge on any atom is 0.273 e. The molecule has 7 nitrogen and oxygen atoms in total. The van der Waals surface area contributed by atoms with Gasteiger partial charge in [-0.3, -0.25) is 20.3 Å². The maximum absolute atomic E-state index is 11.0. The van der Waals surface area contributed by atoms with Gasteiger partial charge in [0.15, 0.2) is 0 Å². The average Bonchev–Trinajstić information content (AvgIpc) is 2.38. The van der Waals surface area contributed by atoms with Crippen LogP contribution in [0.4, 0.5) is 5.69 Å². The Kier molecular flexibility index (Phi) is 5.71. The van der Waals surface area contributed by atoms with E-state index < -0.39 is 4.92 Å². The Bertz CT molecular complexity index is 481. The summed E-state index contributed by atoms with van der Waals surface area (Å²) >= 11 is 3.25. The van der Waals surface area contributed by atoms with Gasteiger partial charge in [-0.1, -0.05) is 0 Å². The highest BCUT2D eigenvalue weighted by Gasteiger charge is 2.13. The van der Waals surface area contributed by atoms with Gasteiger partial charge in [0.25, 0.3) is 5.69 Å². The van der Waals surface area contributed by atoms with E-state index in [0.717, 1.165) is 0 Å². The number of nitrogens with two attached hydrogens (primary N) is 1. The Morgan fingerprint density at radius 2 is 2.32 bits per heavy atom. The zero-order valence-electron chi connectivity index (χ0n) is 10.3. The Morgan fingerprint density at radius 1 is 1.63 bits per heavy atom. The topological polar surface area (TPSA) is 107 Å². The second-order valence-electron chi connectivity index (χ2n) is 3.91. The number of nitrogens with one attached hydrogen (secondary N) is 1. The van der Waals surface area contributed by atoms with E-state index in [1.54, 1.807) is 13.0 Å². The molecule has 0 aliphatic heterocycles. The minimum absolute atomic E-state index is 0.0508. The summed E-state index contributed by atoms with van der Waals surface area (Å²) in [6, 6.07) is 4.26. The first-order valence-corrected chi connectivity index (χ1v) is 6.33. The summed E-state index contributed by atoms with van der Waals surface area (Å²) in [5, 5.41) is 10.7. The second-order valence-corrected chi connectivity index (χ2v) is 4.76. The molecule has 0 saturated carbocycles. The van der Waals surface area contributed by atoms with Gasteiger partial charge in [-0.2, -0.15) is 0 Å². The van der Waals surface area contributed by atoms with Gasteiger partial charge in [0.2, 0.25) is 5.91 Å². The quantitative estimate of drug-likeness (QED) is 0.358. The van der Waals surface area contributed by atoms with Gasteiger partial charge in [-0.25, -0.2) is 5.84 Å². The van der Waals surface area contributed by atoms with Gasteiger partial charge in [0.05, 0.1) is 21.6 Å². The molecule has 19 heavy (non-hydrogen) atoms. The van der Waals surface area contributed by atoms with Crippen molar-refractivity contribution in [3.63, 3.8) is 0 Å². The van der Waals surface area contributed by atoms with Crippen molar-refractivity contribution >= 4 is 27.5 Å². The van der Waals surface area contributed by atoms with E-state index in [9.17, 15) is 14.9 Å². The van der Waals surface area contributed by atoms with Crippen LogP contribution in [0.2, 0.25) is 0 Å². The van der Waals surface area contributed by atoms with Crippen LogP contribution in [-0.2, 0) is 4.79 Å². The van der Waals surface area contributed by atoms with Crippen LogP contribution in [0.15, 0.2) is 22.7 Å². The van der Waals surface area contributed by atoms with E-state index >= 15 is 0 Å². The van der Waals surface area contributed by atoms with E-state index in [1.807, 2.05) is 5.43 Å². The summed E-state index contributed by atoms with van der Waals surface area (Å²) in [4.78, 5) is 21.2. The molecular formula is C11H14BrN3O4. The number of hydrazine groups is 1. The molecular weight excluding hydrogens is 318 g/mol. The molecule has 0 heterocycles.